The average molecular weight is 526 g/mol. The number of piperidine rings is 2. The van der Waals surface area contributed by atoms with Gasteiger partial charge in [-0.05, 0) is 56.8 Å². The molecule has 4 aliphatic carbocycles. The fraction of sp³-hybridized carbons (Fsp3) is 1.00. The molecule has 1 spiro atoms. The number of rotatable bonds is 0. The second kappa shape index (κ2) is 7.26. The van der Waals surface area contributed by atoms with Crippen LogP contribution in [0, 0.1) is 40.9 Å². The van der Waals surface area contributed by atoms with E-state index in [9.17, 15) is 40.9 Å². The van der Waals surface area contributed by atoms with E-state index in [4.69, 9.17) is 4.74 Å². The van der Waals surface area contributed by atoms with Crippen molar-refractivity contribution >= 4 is 0 Å². The molecule has 3 saturated heterocycles. The van der Waals surface area contributed by atoms with Gasteiger partial charge in [-0.15, -0.1) is 0 Å². The van der Waals surface area contributed by atoms with Gasteiger partial charge < -0.3 is 45.6 Å². The Morgan fingerprint density at radius 3 is 2.22 bits per heavy atom. The minimum Gasteiger partial charge on any atom is -0.390 e. The molecule has 8 N–H and O–H groups in total. The summed E-state index contributed by atoms with van der Waals surface area (Å²) in [5.74, 6) is -5.64. The van der Waals surface area contributed by atoms with Gasteiger partial charge in [-0.2, -0.15) is 0 Å². The highest BCUT2D eigenvalue weighted by molar-refractivity contribution is 5.34. The summed E-state index contributed by atoms with van der Waals surface area (Å²) < 4.78 is 6.42. The van der Waals surface area contributed by atoms with Gasteiger partial charge in [0.25, 0.3) is 0 Å². The van der Waals surface area contributed by atoms with E-state index in [1.54, 1.807) is 6.92 Å². The largest absolute Gasteiger partial charge is 0.390 e. The molecular formula is C27H43NO9. The summed E-state index contributed by atoms with van der Waals surface area (Å²) in [7, 11) is 0. The molecule has 9 unspecified atom stereocenters. The Labute approximate surface area is 216 Å². The van der Waals surface area contributed by atoms with E-state index in [-0.39, 0.29) is 18.9 Å². The monoisotopic (exact) mass is 525 g/mol. The van der Waals surface area contributed by atoms with Gasteiger partial charge in [0.05, 0.1) is 35.4 Å². The predicted molar refractivity (Wildman–Crippen MR) is 128 cm³/mol. The van der Waals surface area contributed by atoms with Crippen LogP contribution in [-0.4, -0.2) is 118 Å². The van der Waals surface area contributed by atoms with Crippen molar-refractivity contribution in [3.05, 3.63) is 0 Å². The fourth-order valence-corrected chi connectivity index (χ4v) is 11.4. The van der Waals surface area contributed by atoms with Crippen molar-refractivity contribution in [1.82, 2.24) is 4.90 Å². The summed E-state index contributed by atoms with van der Waals surface area (Å²) in [5, 5.41) is 92.8. The van der Waals surface area contributed by atoms with E-state index >= 15 is 0 Å². The Balaban J connectivity index is 1.39. The van der Waals surface area contributed by atoms with Crippen LogP contribution in [0.1, 0.15) is 52.9 Å². The molecule has 7 aliphatic rings. The molecule has 0 aromatic carbocycles. The first kappa shape index (κ1) is 25.6. The number of nitrogens with zero attached hydrogens (tertiary/aromatic N) is 1. The van der Waals surface area contributed by atoms with E-state index in [0.29, 0.717) is 18.9 Å². The van der Waals surface area contributed by atoms with Crippen LogP contribution in [0.3, 0.4) is 0 Å². The molecule has 3 heterocycles. The number of hydrogen-bond acceptors (Lipinski definition) is 10. The maximum Gasteiger partial charge on any atom is 0.198 e. The van der Waals surface area contributed by atoms with Crippen molar-refractivity contribution in [1.29, 1.82) is 0 Å². The summed E-state index contributed by atoms with van der Waals surface area (Å²) in [6.07, 6.45) is -4.91. The highest BCUT2D eigenvalue weighted by Crippen LogP contribution is 2.76. The topological polar surface area (TPSA) is 174 Å². The third kappa shape index (κ3) is 2.59. The zero-order chi connectivity index (χ0) is 26.7. The molecule has 7 rings (SSSR count). The first-order valence-electron chi connectivity index (χ1n) is 14.2. The molecule has 7 fully saturated rings. The Hall–Kier alpha value is -0.400. The highest BCUT2D eigenvalue weighted by Gasteiger charge is 2.88. The van der Waals surface area contributed by atoms with E-state index in [2.05, 4.69) is 11.8 Å². The molecule has 4 saturated carbocycles. The molecule has 0 radical (unpaired) electrons. The lowest BCUT2D eigenvalue weighted by molar-refractivity contribution is -0.296. The number of ether oxygens (including phenoxy) is 1. The van der Waals surface area contributed by atoms with Crippen molar-refractivity contribution in [3.63, 3.8) is 0 Å². The normalized spacial score (nSPS) is 68.5. The second-order valence-electron chi connectivity index (χ2n) is 14.4. The summed E-state index contributed by atoms with van der Waals surface area (Å²) in [5.41, 5.74) is -5.58. The first-order valence-corrected chi connectivity index (χ1v) is 14.2. The number of hydrogen-bond donors (Lipinski definition) is 8. The summed E-state index contributed by atoms with van der Waals surface area (Å²) >= 11 is 0. The quantitative estimate of drug-likeness (QED) is 0.179. The first-order chi connectivity index (χ1) is 17.2. The molecule has 37 heavy (non-hydrogen) atoms. The van der Waals surface area contributed by atoms with Crippen LogP contribution in [0.15, 0.2) is 0 Å². The number of aliphatic hydroxyl groups is 8. The maximum atomic E-state index is 12.5. The highest BCUT2D eigenvalue weighted by atomic mass is 16.7. The van der Waals surface area contributed by atoms with Crippen LogP contribution in [0.4, 0.5) is 0 Å². The molecular weight excluding hydrogens is 482 g/mol. The van der Waals surface area contributed by atoms with Crippen LogP contribution in [0.2, 0.25) is 0 Å². The third-order valence-corrected chi connectivity index (χ3v) is 12.9. The van der Waals surface area contributed by atoms with Gasteiger partial charge in [-0.1, -0.05) is 13.8 Å². The Morgan fingerprint density at radius 2 is 1.51 bits per heavy atom. The third-order valence-electron chi connectivity index (χ3n) is 12.9. The van der Waals surface area contributed by atoms with E-state index in [1.165, 1.54) is 0 Å². The maximum absolute atomic E-state index is 12.5. The molecule has 0 amide bonds. The Kier molecular flexibility index (Phi) is 5.02. The van der Waals surface area contributed by atoms with Crippen molar-refractivity contribution in [2.24, 2.45) is 40.9 Å². The van der Waals surface area contributed by atoms with Crippen LogP contribution >= 0.6 is 0 Å². The zero-order valence-electron chi connectivity index (χ0n) is 21.8. The Bertz CT molecular complexity index is 997. The molecule has 3 aliphatic heterocycles. The van der Waals surface area contributed by atoms with Crippen LogP contribution < -0.4 is 0 Å². The van der Waals surface area contributed by atoms with Gasteiger partial charge in [-0.25, -0.2) is 0 Å². The van der Waals surface area contributed by atoms with E-state index in [1.807, 2.05) is 6.92 Å². The summed E-state index contributed by atoms with van der Waals surface area (Å²) in [6.45, 7) is 7.08. The van der Waals surface area contributed by atoms with Crippen molar-refractivity contribution in [2.75, 3.05) is 13.1 Å². The molecule has 0 aromatic heterocycles. The lowest BCUT2D eigenvalue weighted by Gasteiger charge is -2.63. The van der Waals surface area contributed by atoms with Gasteiger partial charge >= 0.3 is 0 Å². The minimum atomic E-state index is -2.10. The van der Waals surface area contributed by atoms with Gasteiger partial charge in [0.15, 0.2) is 5.79 Å². The lowest BCUT2D eigenvalue weighted by Crippen LogP contribution is -2.77. The lowest BCUT2D eigenvalue weighted by atomic mass is 9.48. The zero-order valence-corrected chi connectivity index (χ0v) is 21.8. The van der Waals surface area contributed by atoms with Crippen LogP contribution in [-0.2, 0) is 4.74 Å². The van der Waals surface area contributed by atoms with E-state index in [0.717, 1.165) is 19.4 Å². The molecule has 10 nitrogen and oxygen atoms in total. The van der Waals surface area contributed by atoms with Gasteiger partial charge in [0.2, 0.25) is 0 Å². The van der Waals surface area contributed by atoms with E-state index < -0.39 is 88.1 Å². The molecule has 17 atom stereocenters. The Morgan fingerprint density at radius 1 is 0.838 bits per heavy atom. The summed E-state index contributed by atoms with van der Waals surface area (Å²) in [6, 6.07) is -0.174. The SMILES string of the molecule is C[C@H]1CC[C@@H]2N(CC3C(C(O)[C@H](O)[C@]4(O)C3C[C@@]35O[C@@]6(O)C(C(O)C(O)C43)[C@]5(C)CC[C@@H]6O)C2(C)O)C1. The smallest absolute Gasteiger partial charge is 0.198 e. The minimum absolute atomic E-state index is 0.174. The van der Waals surface area contributed by atoms with Gasteiger partial charge in [0, 0.05) is 36.4 Å². The predicted octanol–water partition coefficient (Wildman–Crippen LogP) is -1.84. The van der Waals surface area contributed by atoms with Crippen molar-refractivity contribution < 1.29 is 45.6 Å². The summed E-state index contributed by atoms with van der Waals surface area (Å²) in [4.78, 5) is 2.25. The number of aliphatic hydroxyl groups excluding tert-OH is 5. The molecule has 4 bridgehead atoms. The second-order valence-corrected chi connectivity index (χ2v) is 14.4. The van der Waals surface area contributed by atoms with Gasteiger partial charge in [0.1, 0.15) is 17.8 Å². The number of fused-ring (bicyclic) bond motifs is 5. The molecule has 10 heteroatoms. The van der Waals surface area contributed by atoms with Gasteiger partial charge in [-0.3, -0.25) is 4.90 Å². The molecule has 0 aromatic rings. The van der Waals surface area contributed by atoms with Crippen LogP contribution in [0.25, 0.3) is 0 Å². The standard InChI is InChI=1S/C27H43NO9/c1-11-4-5-14-24(3,34)16-12(10-28(14)9-11)13-8-25-21(26(13,35)22(33)17(16)30)19(32)18(31)20-23(25,2)7-6-15(29)27(20,36)37-25/h11-22,29-36H,4-10H2,1-3H3/t11-,12?,13?,14-,15-,16?,17?,18?,19?,20?,21?,22-,23-,24?,25+,26-,27+/m0/s1. The molecule has 210 valence electrons. The average Bonchev–Trinajstić information content (AvgIpc) is 3.13. The van der Waals surface area contributed by atoms with Crippen LogP contribution in [0.5, 0.6) is 0 Å². The van der Waals surface area contributed by atoms with Crippen molar-refractivity contribution in [2.45, 2.75) is 112 Å². The van der Waals surface area contributed by atoms with Crippen molar-refractivity contribution in [3.8, 4) is 0 Å². The fourth-order valence-electron chi connectivity index (χ4n) is 11.4.